The number of rotatable bonds is 3. The van der Waals surface area contributed by atoms with Crippen LogP contribution in [0.5, 0.6) is 5.75 Å². The van der Waals surface area contributed by atoms with Crippen molar-refractivity contribution in [3.63, 3.8) is 0 Å². The number of pyridine rings is 1. The van der Waals surface area contributed by atoms with Crippen molar-refractivity contribution < 1.29 is 9.53 Å². The van der Waals surface area contributed by atoms with Crippen LogP contribution in [-0.2, 0) is 0 Å². The van der Waals surface area contributed by atoms with Gasteiger partial charge in [0.25, 0.3) is 5.91 Å². The van der Waals surface area contributed by atoms with E-state index in [0.717, 1.165) is 26.8 Å². The lowest BCUT2D eigenvalue weighted by molar-refractivity contribution is 0.102. The summed E-state index contributed by atoms with van der Waals surface area (Å²) in [5, 5.41) is 3.76. The van der Waals surface area contributed by atoms with E-state index in [1.165, 1.54) is 0 Å². The van der Waals surface area contributed by atoms with E-state index in [4.69, 9.17) is 4.74 Å². The van der Waals surface area contributed by atoms with Crippen molar-refractivity contribution in [1.82, 2.24) is 4.98 Å². The van der Waals surface area contributed by atoms with Crippen LogP contribution in [0, 0.1) is 0 Å². The molecule has 0 aliphatic rings. The van der Waals surface area contributed by atoms with E-state index >= 15 is 0 Å². The lowest BCUT2D eigenvalue weighted by atomic mass is 10.2. The Hall–Kier alpha value is -2.40. The monoisotopic (exact) mass is 356 g/mol. The Bertz CT molecular complexity index is 849. The zero-order valence-corrected chi connectivity index (χ0v) is 13.4. The van der Waals surface area contributed by atoms with Crippen molar-refractivity contribution in [3.8, 4) is 5.75 Å². The third-order valence-electron chi connectivity index (χ3n) is 3.21. The number of nitrogens with zero attached hydrogens (tertiary/aromatic N) is 1. The summed E-state index contributed by atoms with van der Waals surface area (Å²) in [6, 6.07) is 16.5. The number of hydrogen-bond acceptors (Lipinski definition) is 3. The van der Waals surface area contributed by atoms with E-state index in [-0.39, 0.29) is 5.91 Å². The van der Waals surface area contributed by atoms with Gasteiger partial charge in [0.1, 0.15) is 11.4 Å². The van der Waals surface area contributed by atoms with Gasteiger partial charge in [-0.05, 0) is 42.5 Å². The van der Waals surface area contributed by atoms with Crippen LogP contribution in [0.1, 0.15) is 10.5 Å². The van der Waals surface area contributed by atoms with Crippen LogP contribution in [-0.4, -0.2) is 18.0 Å². The second kappa shape index (κ2) is 6.15. The van der Waals surface area contributed by atoms with E-state index < -0.39 is 0 Å². The van der Waals surface area contributed by atoms with E-state index in [1.54, 1.807) is 13.2 Å². The largest absolute Gasteiger partial charge is 0.497 e. The molecule has 1 aromatic heterocycles. The van der Waals surface area contributed by atoms with Crippen LogP contribution in [0.4, 0.5) is 5.69 Å². The molecule has 0 aliphatic carbocycles. The summed E-state index contributed by atoms with van der Waals surface area (Å²) in [6.07, 6.45) is 0. The average molecular weight is 357 g/mol. The normalized spacial score (nSPS) is 10.5. The molecule has 0 bridgehead atoms. The summed E-state index contributed by atoms with van der Waals surface area (Å²) in [7, 11) is 1.62. The lowest BCUT2D eigenvalue weighted by Crippen LogP contribution is -2.13. The highest BCUT2D eigenvalue weighted by Crippen LogP contribution is 2.20. The number of fused-ring (bicyclic) bond motifs is 1. The molecule has 0 aliphatic heterocycles. The number of carbonyl (C=O) groups is 1. The van der Waals surface area contributed by atoms with Crippen LogP contribution in [0.3, 0.4) is 0 Å². The Morgan fingerprint density at radius 1 is 1.14 bits per heavy atom. The van der Waals surface area contributed by atoms with Gasteiger partial charge in [-0.3, -0.25) is 4.79 Å². The molecule has 3 aromatic rings. The third-order valence-corrected chi connectivity index (χ3v) is 3.70. The zero-order chi connectivity index (χ0) is 15.5. The number of methoxy groups -OCH3 is 1. The number of carbonyl (C=O) groups excluding carboxylic acids is 1. The van der Waals surface area contributed by atoms with Crippen molar-refractivity contribution in [2.24, 2.45) is 0 Å². The fraction of sp³-hybridized carbons (Fsp3) is 0.0588. The average Bonchev–Trinajstić information content (AvgIpc) is 2.53. The van der Waals surface area contributed by atoms with Crippen molar-refractivity contribution >= 4 is 38.4 Å². The van der Waals surface area contributed by atoms with Gasteiger partial charge >= 0.3 is 0 Å². The van der Waals surface area contributed by atoms with E-state index in [0.29, 0.717) is 5.69 Å². The van der Waals surface area contributed by atoms with Crippen LogP contribution >= 0.6 is 15.9 Å². The topological polar surface area (TPSA) is 51.2 Å². The third kappa shape index (κ3) is 3.09. The molecule has 4 nitrogen and oxygen atoms in total. The number of halogens is 1. The lowest BCUT2D eigenvalue weighted by Gasteiger charge is -2.07. The summed E-state index contributed by atoms with van der Waals surface area (Å²) in [6.45, 7) is 0. The van der Waals surface area contributed by atoms with Gasteiger partial charge in [0.15, 0.2) is 0 Å². The van der Waals surface area contributed by atoms with Crippen LogP contribution in [0.2, 0.25) is 0 Å². The highest BCUT2D eigenvalue weighted by Gasteiger charge is 2.09. The zero-order valence-electron chi connectivity index (χ0n) is 11.8. The number of amides is 1. The molecule has 3 rings (SSSR count). The van der Waals surface area contributed by atoms with Gasteiger partial charge < -0.3 is 10.1 Å². The number of nitrogens with one attached hydrogen (secondary N) is 1. The molecule has 0 saturated heterocycles. The first-order valence-electron chi connectivity index (χ1n) is 6.67. The highest BCUT2D eigenvalue weighted by molar-refractivity contribution is 9.10. The molecule has 2 aromatic carbocycles. The van der Waals surface area contributed by atoms with Gasteiger partial charge in [-0.25, -0.2) is 4.98 Å². The molecular formula is C17H13BrN2O2. The quantitative estimate of drug-likeness (QED) is 0.762. The standard InChI is InChI=1S/C17H13BrN2O2/c1-22-14-6-8-15-11(9-14)5-7-16(20-15)17(21)19-13-4-2-3-12(18)10-13/h2-10H,1H3,(H,19,21). The molecule has 0 saturated carbocycles. The van der Waals surface area contributed by atoms with Crippen molar-refractivity contribution in [3.05, 3.63) is 64.8 Å². The first-order chi connectivity index (χ1) is 10.7. The van der Waals surface area contributed by atoms with E-state index in [2.05, 4.69) is 26.2 Å². The molecule has 0 unspecified atom stereocenters. The van der Waals surface area contributed by atoms with Gasteiger partial charge in [-0.1, -0.05) is 28.1 Å². The van der Waals surface area contributed by atoms with Gasteiger partial charge in [0, 0.05) is 15.5 Å². The summed E-state index contributed by atoms with van der Waals surface area (Å²) in [5.74, 6) is 0.524. The van der Waals surface area contributed by atoms with E-state index in [1.807, 2.05) is 48.5 Å². The minimum absolute atomic E-state index is 0.240. The highest BCUT2D eigenvalue weighted by atomic mass is 79.9. The Morgan fingerprint density at radius 3 is 2.77 bits per heavy atom. The predicted molar refractivity (Wildman–Crippen MR) is 90.4 cm³/mol. The van der Waals surface area contributed by atoms with Crippen LogP contribution < -0.4 is 10.1 Å². The smallest absolute Gasteiger partial charge is 0.274 e. The number of ether oxygens (including phenoxy) is 1. The maximum atomic E-state index is 12.3. The molecule has 1 N–H and O–H groups in total. The number of anilines is 1. The maximum absolute atomic E-state index is 12.3. The molecule has 0 spiro atoms. The number of hydrogen-bond donors (Lipinski definition) is 1. The SMILES string of the molecule is COc1ccc2nc(C(=O)Nc3cccc(Br)c3)ccc2c1. The molecule has 5 heteroatoms. The van der Waals surface area contributed by atoms with Gasteiger partial charge in [-0.2, -0.15) is 0 Å². The molecule has 1 heterocycles. The number of aromatic nitrogens is 1. The molecule has 0 radical (unpaired) electrons. The molecule has 110 valence electrons. The van der Waals surface area contributed by atoms with E-state index in [9.17, 15) is 4.79 Å². The Kier molecular flexibility index (Phi) is 4.06. The van der Waals surface area contributed by atoms with Crippen molar-refractivity contribution in [1.29, 1.82) is 0 Å². The summed E-state index contributed by atoms with van der Waals surface area (Å²) in [5.41, 5.74) is 1.84. The van der Waals surface area contributed by atoms with Gasteiger partial charge in [0.2, 0.25) is 0 Å². The molecule has 0 atom stereocenters. The maximum Gasteiger partial charge on any atom is 0.274 e. The first kappa shape index (κ1) is 14.5. The fourth-order valence-electron chi connectivity index (χ4n) is 2.12. The summed E-state index contributed by atoms with van der Waals surface area (Å²) in [4.78, 5) is 16.7. The number of benzene rings is 2. The van der Waals surface area contributed by atoms with Gasteiger partial charge in [0.05, 0.1) is 12.6 Å². The minimum atomic E-state index is -0.240. The van der Waals surface area contributed by atoms with Gasteiger partial charge in [-0.15, -0.1) is 0 Å². The fourth-order valence-corrected chi connectivity index (χ4v) is 2.52. The first-order valence-corrected chi connectivity index (χ1v) is 7.47. The predicted octanol–water partition coefficient (Wildman–Crippen LogP) is 4.26. The second-order valence-electron chi connectivity index (χ2n) is 4.72. The molecule has 22 heavy (non-hydrogen) atoms. The molecular weight excluding hydrogens is 344 g/mol. The van der Waals surface area contributed by atoms with Crippen molar-refractivity contribution in [2.75, 3.05) is 12.4 Å². The molecule has 1 amide bonds. The summed E-state index contributed by atoms with van der Waals surface area (Å²) < 4.78 is 6.09. The van der Waals surface area contributed by atoms with Crippen LogP contribution in [0.25, 0.3) is 10.9 Å². The van der Waals surface area contributed by atoms with Crippen LogP contribution in [0.15, 0.2) is 59.1 Å². The molecule has 0 fully saturated rings. The second-order valence-corrected chi connectivity index (χ2v) is 5.64. The Balaban J connectivity index is 1.87. The summed E-state index contributed by atoms with van der Waals surface area (Å²) >= 11 is 3.38. The Morgan fingerprint density at radius 2 is 2.00 bits per heavy atom. The minimum Gasteiger partial charge on any atom is -0.497 e. The Labute approximate surface area is 136 Å². The van der Waals surface area contributed by atoms with Crippen molar-refractivity contribution in [2.45, 2.75) is 0 Å².